The minimum atomic E-state index is -0.298. The van der Waals surface area contributed by atoms with Crippen molar-refractivity contribution in [1.82, 2.24) is 0 Å². The van der Waals surface area contributed by atoms with E-state index in [2.05, 4.69) is 22.6 Å². The first-order chi connectivity index (χ1) is 13.7. The summed E-state index contributed by atoms with van der Waals surface area (Å²) in [5.74, 6) is 0.303. The lowest BCUT2D eigenvalue weighted by Gasteiger charge is -2.10. The van der Waals surface area contributed by atoms with E-state index in [4.69, 9.17) is 9.57 Å². The monoisotopic (exact) mass is 372 g/mol. The maximum absolute atomic E-state index is 12.3. The first-order valence-corrected chi connectivity index (χ1v) is 9.01. The second kappa shape index (κ2) is 7.56. The highest BCUT2D eigenvalue weighted by Crippen LogP contribution is 2.36. The summed E-state index contributed by atoms with van der Waals surface area (Å²) in [4.78, 5) is 17.7. The zero-order valence-electron chi connectivity index (χ0n) is 15.7. The zero-order valence-corrected chi connectivity index (χ0v) is 15.7. The first kappa shape index (κ1) is 17.8. The van der Waals surface area contributed by atoms with Crippen molar-refractivity contribution in [3.63, 3.8) is 0 Å². The molecule has 0 fully saturated rings. The molecule has 5 heteroatoms. The number of nitrogens with zero attached hydrogens (tertiary/aromatic N) is 1. The van der Waals surface area contributed by atoms with E-state index in [1.54, 1.807) is 7.11 Å². The Balaban J connectivity index is 1.50. The number of ether oxygens (including phenoxy) is 1. The van der Waals surface area contributed by atoms with Crippen molar-refractivity contribution in [3.05, 3.63) is 83.4 Å². The van der Waals surface area contributed by atoms with Gasteiger partial charge in [-0.15, -0.1) is 0 Å². The average molecular weight is 372 g/mol. The van der Waals surface area contributed by atoms with Crippen LogP contribution in [0.1, 0.15) is 16.7 Å². The van der Waals surface area contributed by atoms with Crippen LogP contribution in [0.4, 0.5) is 5.69 Å². The molecular weight excluding hydrogens is 352 g/mol. The molecule has 0 spiro atoms. The van der Waals surface area contributed by atoms with Gasteiger partial charge in [0.2, 0.25) is 0 Å². The molecule has 0 bridgehead atoms. The Labute approximate surface area is 163 Å². The van der Waals surface area contributed by atoms with Crippen LogP contribution in [-0.4, -0.2) is 25.3 Å². The van der Waals surface area contributed by atoms with E-state index in [9.17, 15) is 4.79 Å². The van der Waals surface area contributed by atoms with Gasteiger partial charge in [0, 0.05) is 11.1 Å². The number of anilines is 1. The normalized spacial score (nSPS) is 11.4. The molecule has 0 heterocycles. The lowest BCUT2D eigenvalue weighted by molar-refractivity contribution is -0.120. The van der Waals surface area contributed by atoms with Crippen LogP contribution >= 0.6 is 0 Å². The number of benzene rings is 3. The predicted molar refractivity (Wildman–Crippen MR) is 110 cm³/mol. The Bertz CT molecular complexity index is 1030. The highest BCUT2D eigenvalue weighted by Gasteiger charge is 2.24. The summed E-state index contributed by atoms with van der Waals surface area (Å²) >= 11 is 0. The van der Waals surface area contributed by atoms with E-state index in [0.717, 1.165) is 33.5 Å². The second-order valence-electron chi connectivity index (χ2n) is 6.56. The van der Waals surface area contributed by atoms with Crippen LogP contribution in [0.5, 0.6) is 5.75 Å². The quantitative estimate of drug-likeness (QED) is 0.529. The van der Waals surface area contributed by atoms with Crippen LogP contribution in [-0.2, 0) is 9.63 Å². The van der Waals surface area contributed by atoms with Gasteiger partial charge >= 0.3 is 0 Å². The molecule has 0 radical (unpaired) electrons. The summed E-state index contributed by atoms with van der Waals surface area (Å²) in [6, 6.07) is 21.7. The summed E-state index contributed by atoms with van der Waals surface area (Å²) in [7, 11) is 1.57. The van der Waals surface area contributed by atoms with Gasteiger partial charge in [-0.25, -0.2) is 0 Å². The third-order valence-corrected chi connectivity index (χ3v) is 4.64. The van der Waals surface area contributed by atoms with Gasteiger partial charge in [-0.3, -0.25) is 4.79 Å². The average Bonchev–Trinajstić information content (AvgIpc) is 3.02. The molecule has 0 unspecified atom stereocenters. The molecule has 3 aromatic carbocycles. The van der Waals surface area contributed by atoms with Gasteiger partial charge in [0.15, 0.2) is 6.61 Å². The number of hydrogen-bond acceptors (Lipinski definition) is 4. The van der Waals surface area contributed by atoms with E-state index in [1.807, 2.05) is 61.5 Å². The number of carbonyl (C=O) groups excluding carboxylic acids is 1. The van der Waals surface area contributed by atoms with Crippen LogP contribution in [0, 0.1) is 6.92 Å². The molecule has 140 valence electrons. The van der Waals surface area contributed by atoms with Gasteiger partial charge in [0.05, 0.1) is 12.8 Å². The van der Waals surface area contributed by atoms with E-state index >= 15 is 0 Å². The lowest BCUT2D eigenvalue weighted by atomic mass is 10.1. The fourth-order valence-electron chi connectivity index (χ4n) is 3.35. The molecule has 1 amide bonds. The number of amides is 1. The number of carbonyl (C=O) groups is 1. The summed E-state index contributed by atoms with van der Waals surface area (Å²) < 4.78 is 5.28. The number of oxime groups is 1. The minimum absolute atomic E-state index is 0.190. The van der Waals surface area contributed by atoms with Crippen LogP contribution in [0.25, 0.3) is 11.1 Å². The molecule has 0 aliphatic heterocycles. The number of rotatable bonds is 5. The van der Waals surface area contributed by atoms with E-state index in [1.165, 1.54) is 0 Å². The van der Waals surface area contributed by atoms with Crippen molar-refractivity contribution < 1.29 is 14.4 Å². The number of methoxy groups -OCH3 is 1. The lowest BCUT2D eigenvalue weighted by Crippen LogP contribution is -2.18. The molecule has 1 N–H and O–H groups in total. The van der Waals surface area contributed by atoms with Crippen molar-refractivity contribution in [2.45, 2.75) is 6.92 Å². The molecule has 0 saturated carbocycles. The summed E-state index contributed by atoms with van der Waals surface area (Å²) in [5.41, 5.74) is 6.63. The van der Waals surface area contributed by atoms with Crippen molar-refractivity contribution in [2.75, 3.05) is 19.0 Å². The van der Waals surface area contributed by atoms with Crippen molar-refractivity contribution in [3.8, 4) is 16.9 Å². The molecule has 1 aliphatic rings. The van der Waals surface area contributed by atoms with E-state index in [0.29, 0.717) is 11.4 Å². The topological polar surface area (TPSA) is 59.9 Å². The Morgan fingerprint density at radius 1 is 0.929 bits per heavy atom. The van der Waals surface area contributed by atoms with E-state index in [-0.39, 0.29) is 12.5 Å². The Morgan fingerprint density at radius 2 is 1.54 bits per heavy atom. The maximum Gasteiger partial charge on any atom is 0.265 e. The van der Waals surface area contributed by atoms with Gasteiger partial charge < -0.3 is 14.9 Å². The SMILES string of the molecule is COc1ccc(C)cc1NC(=O)CON=C1c2ccccc2-c2ccccc21. The van der Waals surface area contributed by atoms with Crippen molar-refractivity contribution in [1.29, 1.82) is 0 Å². The largest absolute Gasteiger partial charge is 0.495 e. The van der Waals surface area contributed by atoms with Crippen LogP contribution in [0.15, 0.2) is 71.9 Å². The highest BCUT2D eigenvalue weighted by molar-refractivity contribution is 6.24. The molecule has 0 atom stereocenters. The maximum atomic E-state index is 12.3. The predicted octanol–water partition coefficient (Wildman–Crippen LogP) is 4.39. The molecule has 3 aromatic rings. The first-order valence-electron chi connectivity index (χ1n) is 9.01. The van der Waals surface area contributed by atoms with Crippen LogP contribution in [0.3, 0.4) is 0 Å². The van der Waals surface area contributed by atoms with Gasteiger partial charge in [0.25, 0.3) is 5.91 Å². The molecule has 0 saturated heterocycles. The molecule has 0 aromatic heterocycles. The molecule has 28 heavy (non-hydrogen) atoms. The van der Waals surface area contributed by atoms with Crippen molar-refractivity contribution in [2.24, 2.45) is 5.16 Å². The second-order valence-corrected chi connectivity index (χ2v) is 6.56. The molecule has 1 aliphatic carbocycles. The standard InChI is InChI=1S/C23H20N2O3/c1-15-11-12-21(27-2)20(13-15)24-22(26)14-28-25-23-18-9-5-3-7-16(18)17-8-4-6-10-19(17)23/h3-13H,14H2,1-2H3,(H,24,26). The zero-order chi connectivity index (χ0) is 19.5. The molecular formula is C23H20N2O3. The van der Waals surface area contributed by atoms with Gasteiger partial charge in [0.1, 0.15) is 11.5 Å². The Morgan fingerprint density at radius 3 is 2.14 bits per heavy atom. The van der Waals surface area contributed by atoms with Crippen molar-refractivity contribution >= 4 is 17.3 Å². The van der Waals surface area contributed by atoms with Crippen LogP contribution in [0.2, 0.25) is 0 Å². The highest BCUT2D eigenvalue weighted by atomic mass is 16.6. The number of hydrogen-bond donors (Lipinski definition) is 1. The fourth-order valence-corrected chi connectivity index (χ4v) is 3.35. The molecule has 4 rings (SSSR count). The summed E-state index contributed by atoms with van der Waals surface area (Å²) in [6.45, 7) is 1.76. The summed E-state index contributed by atoms with van der Waals surface area (Å²) in [5, 5.41) is 7.08. The minimum Gasteiger partial charge on any atom is -0.495 e. The Kier molecular flexibility index (Phi) is 4.81. The third-order valence-electron chi connectivity index (χ3n) is 4.64. The Hall–Kier alpha value is -3.60. The van der Waals surface area contributed by atoms with Gasteiger partial charge in [-0.2, -0.15) is 0 Å². The number of aryl methyl sites for hydroxylation is 1. The smallest absolute Gasteiger partial charge is 0.265 e. The molecule has 5 nitrogen and oxygen atoms in total. The number of nitrogens with one attached hydrogen (secondary N) is 1. The van der Waals surface area contributed by atoms with Gasteiger partial charge in [-0.1, -0.05) is 59.8 Å². The van der Waals surface area contributed by atoms with Crippen LogP contribution < -0.4 is 10.1 Å². The third kappa shape index (κ3) is 3.34. The van der Waals surface area contributed by atoms with Gasteiger partial charge in [-0.05, 0) is 35.7 Å². The fraction of sp³-hybridized carbons (Fsp3) is 0.130. The van der Waals surface area contributed by atoms with E-state index < -0.39 is 0 Å². The summed E-state index contributed by atoms with van der Waals surface area (Å²) in [6.07, 6.45) is 0. The number of fused-ring (bicyclic) bond motifs is 3.